The van der Waals surface area contributed by atoms with Crippen molar-refractivity contribution in [1.29, 1.82) is 0 Å². The quantitative estimate of drug-likeness (QED) is 0.772. The van der Waals surface area contributed by atoms with Gasteiger partial charge in [0.1, 0.15) is 10.4 Å². The van der Waals surface area contributed by atoms with E-state index in [9.17, 15) is 0 Å². The summed E-state index contributed by atoms with van der Waals surface area (Å²) in [6.45, 7) is 6.66. The Kier molecular flexibility index (Phi) is 3.93. The third-order valence-corrected chi connectivity index (χ3v) is 3.08. The second kappa shape index (κ2) is 4.78. The Hall–Kier alpha value is -0.570. The molecule has 1 atom stereocenters. The molecule has 0 aliphatic carbocycles. The van der Waals surface area contributed by atoms with Crippen LogP contribution in [-0.2, 0) is 0 Å². The van der Waals surface area contributed by atoms with Crippen LogP contribution in [0.2, 0.25) is 0 Å². The molecule has 0 amide bonds. The molecule has 1 aromatic heterocycles. The van der Waals surface area contributed by atoms with Gasteiger partial charge in [0, 0.05) is 13.1 Å². The third-order valence-electron chi connectivity index (χ3n) is 2.64. The summed E-state index contributed by atoms with van der Waals surface area (Å²) in [6.07, 6.45) is 0. The SMILES string of the molecule is CC(C)[C@@H](C)N(C)c1cccc(Br)n1. The summed E-state index contributed by atoms with van der Waals surface area (Å²) < 4.78 is 0.887. The first-order valence-electron chi connectivity index (χ1n) is 4.87. The lowest BCUT2D eigenvalue weighted by atomic mass is 10.1. The van der Waals surface area contributed by atoms with Gasteiger partial charge >= 0.3 is 0 Å². The number of halogens is 1. The van der Waals surface area contributed by atoms with E-state index in [-0.39, 0.29) is 0 Å². The molecule has 0 aliphatic rings. The van der Waals surface area contributed by atoms with Crippen LogP contribution in [0.25, 0.3) is 0 Å². The summed E-state index contributed by atoms with van der Waals surface area (Å²) >= 11 is 3.38. The van der Waals surface area contributed by atoms with E-state index in [1.807, 2.05) is 18.2 Å². The average molecular weight is 257 g/mol. The van der Waals surface area contributed by atoms with Crippen LogP contribution in [0.1, 0.15) is 20.8 Å². The van der Waals surface area contributed by atoms with E-state index in [0.717, 1.165) is 10.4 Å². The molecule has 1 rings (SSSR count). The maximum atomic E-state index is 4.42. The Morgan fingerprint density at radius 3 is 2.43 bits per heavy atom. The summed E-state index contributed by atoms with van der Waals surface area (Å²) in [5.41, 5.74) is 0. The molecule has 0 unspecified atom stereocenters. The van der Waals surface area contributed by atoms with Crippen LogP contribution in [-0.4, -0.2) is 18.1 Å². The van der Waals surface area contributed by atoms with E-state index in [1.165, 1.54) is 0 Å². The van der Waals surface area contributed by atoms with Crippen molar-refractivity contribution in [3.63, 3.8) is 0 Å². The van der Waals surface area contributed by atoms with Crippen LogP contribution in [0.4, 0.5) is 5.82 Å². The van der Waals surface area contributed by atoms with Crippen LogP contribution < -0.4 is 4.90 Å². The number of hydrogen-bond acceptors (Lipinski definition) is 2. The Bertz CT molecular complexity index is 299. The highest BCUT2D eigenvalue weighted by Crippen LogP contribution is 2.18. The monoisotopic (exact) mass is 256 g/mol. The number of nitrogens with zero attached hydrogens (tertiary/aromatic N) is 2. The number of hydrogen-bond donors (Lipinski definition) is 0. The predicted octanol–water partition coefficient (Wildman–Crippen LogP) is 3.32. The maximum Gasteiger partial charge on any atom is 0.129 e. The Morgan fingerprint density at radius 2 is 1.93 bits per heavy atom. The summed E-state index contributed by atoms with van der Waals surface area (Å²) in [5, 5.41) is 0. The summed E-state index contributed by atoms with van der Waals surface area (Å²) in [7, 11) is 2.08. The molecule has 14 heavy (non-hydrogen) atoms. The highest BCUT2D eigenvalue weighted by Gasteiger charge is 2.14. The first-order valence-corrected chi connectivity index (χ1v) is 5.67. The van der Waals surface area contributed by atoms with Crippen molar-refractivity contribution in [3.05, 3.63) is 22.8 Å². The van der Waals surface area contributed by atoms with Crippen molar-refractivity contribution >= 4 is 21.7 Å². The second-order valence-electron chi connectivity index (χ2n) is 3.91. The second-order valence-corrected chi connectivity index (χ2v) is 4.73. The van der Waals surface area contributed by atoms with E-state index in [1.54, 1.807) is 0 Å². The van der Waals surface area contributed by atoms with Gasteiger partial charge in [-0.15, -0.1) is 0 Å². The van der Waals surface area contributed by atoms with Crippen LogP contribution in [0.3, 0.4) is 0 Å². The minimum absolute atomic E-state index is 0.497. The van der Waals surface area contributed by atoms with Crippen molar-refractivity contribution in [1.82, 2.24) is 4.98 Å². The van der Waals surface area contributed by atoms with Gasteiger partial charge in [0.2, 0.25) is 0 Å². The summed E-state index contributed by atoms with van der Waals surface area (Å²) in [6, 6.07) is 6.48. The van der Waals surface area contributed by atoms with Gasteiger partial charge in [-0.05, 0) is 40.9 Å². The zero-order chi connectivity index (χ0) is 10.7. The molecule has 0 fully saturated rings. The fourth-order valence-electron chi connectivity index (χ4n) is 1.25. The van der Waals surface area contributed by atoms with Crippen molar-refractivity contribution in [2.24, 2.45) is 5.92 Å². The molecule has 0 N–H and O–H groups in total. The average Bonchev–Trinajstić information content (AvgIpc) is 2.15. The van der Waals surface area contributed by atoms with Crippen molar-refractivity contribution in [3.8, 4) is 0 Å². The first kappa shape index (κ1) is 11.5. The van der Waals surface area contributed by atoms with E-state index in [4.69, 9.17) is 0 Å². The van der Waals surface area contributed by atoms with Crippen molar-refractivity contribution in [2.45, 2.75) is 26.8 Å². The van der Waals surface area contributed by atoms with E-state index >= 15 is 0 Å². The zero-order valence-corrected chi connectivity index (χ0v) is 10.7. The molecule has 0 saturated heterocycles. The van der Waals surface area contributed by atoms with Gasteiger partial charge in [-0.1, -0.05) is 19.9 Å². The van der Waals surface area contributed by atoms with Gasteiger partial charge in [-0.25, -0.2) is 4.98 Å². The molecule has 3 heteroatoms. The van der Waals surface area contributed by atoms with Crippen molar-refractivity contribution in [2.75, 3.05) is 11.9 Å². The van der Waals surface area contributed by atoms with Crippen molar-refractivity contribution < 1.29 is 0 Å². The van der Waals surface area contributed by atoms with Gasteiger partial charge in [-0.2, -0.15) is 0 Å². The lowest BCUT2D eigenvalue weighted by molar-refractivity contribution is 0.502. The van der Waals surface area contributed by atoms with Gasteiger partial charge in [0.25, 0.3) is 0 Å². The molecular weight excluding hydrogens is 240 g/mol. The Balaban J connectivity index is 2.83. The highest BCUT2D eigenvalue weighted by molar-refractivity contribution is 9.10. The van der Waals surface area contributed by atoms with Crippen LogP contribution in [0.15, 0.2) is 22.8 Å². The molecule has 0 radical (unpaired) electrons. The molecule has 78 valence electrons. The fraction of sp³-hybridized carbons (Fsp3) is 0.545. The molecule has 0 aromatic carbocycles. The van der Waals surface area contributed by atoms with Crippen LogP contribution >= 0.6 is 15.9 Å². The normalized spacial score (nSPS) is 13.0. The van der Waals surface area contributed by atoms with Gasteiger partial charge in [0.05, 0.1) is 0 Å². The minimum atomic E-state index is 0.497. The number of pyridine rings is 1. The molecule has 1 heterocycles. The zero-order valence-electron chi connectivity index (χ0n) is 9.16. The topological polar surface area (TPSA) is 16.1 Å². The maximum absolute atomic E-state index is 4.42. The van der Waals surface area contributed by atoms with E-state index < -0.39 is 0 Å². The molecule has 2 nitrogen and oxygen atoms in total. The minimum Gasteiger partial charge on any atom is -0.357 e. The summed E-state index contributed by atoms with van der Waals surface area (Å²) in [4.78, 5) is 6.62. The van der Waals surface area contributed by atoms with E-state index in [0.29, 0.717) is 12.0 Å². The van der Waals surface area contributed by atoms with Gasteiger partial charge < -0.3 is 4.90 Å². The first-order chi connectivity index (χ1) is 6.52. The van der Waals surface area contributed by atoms with Gasteiger partial charge in [-0.3, -0.25) is 0 Å². The lowest BCUT2D eigenvalue weighted by Gasteiger charge is -2.28. The van der Waals surface area contributed by atoms with E-state index in [2.05, 4.69) is 53.6 Å². The van der Waals surface area contributed by atoms with Crippen LogP contribution in [0.5, 0.6) is 0 Å². The molecule has 0 saturated carbocycles. The lowest BCUT2D eigenvalue weighted by Crippen LogP contribution is -2.33. The smallest absolute Gasteiger partial charge is 0.129 e. The number of rotatable bonds is 3. The fourth-order valence-corrected chi connectivity index (χ4v) is 1.58. The molecule has 0 spiro atoms. The molecule has 1 aromatic rings. The summed E-state index contributed by atoms with van der Waals surface area (Å²) in [5.74, 6) is 1.64. The molecular formula is C11H17BrN2. The third kappa shape index (κ3) is 2.71. The number of anilines is 1. The molecule has 0 bridgehead atoms. The molecule has 0 aliphatic heterocycles. The number of aromatic nitrogens is 1. The Morgan fingerprint density at radius 1 is 1.29 bits per heavy atom. The van der Waals surface area contributed by atoms with Crippen LogP contribution in [0, 0.1) is 5.92 Å². The van der Waals surface area contributed by atoms with Gasteiger partial charge in [0.15, 0.2) is 0 Å². The highest BCUT2D eigenvalue weighted by atomic mass is 79.9. The predicted molar refractivity (Wildman–Crippen MR) is 64.6 cm³/mol. The largest absolute Gasteiger partial charge is 0.357 e. The standard InChI is InChI=1S/C11H17BrN2/c1-8(2)9(3)14(4)11-7-5-6-10(12)13-11/h5-9H,1-4H3/t9-/m1/s1. The Labute approximate surface area is 94.5 Å².